The van der Waals surface area contributed by atoms with Gasteiger partial charge in [0.25, 0.3) is 0 Å². The number of benzene rings is 1. The number of halogens is 3. The fourth-order valence-electron chi connectivity index (χ4n) is 4.60. The summed E-state index contributed by atoms with van der Waals surface area (Å²) >= 11 is 0. The Labute approximate surface area is 206 Å². The topological polar surface area (TPSA) is 78.0 Å². The van der Waals surface area contributed by atoms with Gasteiger partial charge in [0, 0.05) is 36.4 Å². The van der Waals surface area contributed by atoms with Crippen molar-refractivity contribution in [3.8, 4) is 5.75 Å². The van der Waals surface area contributed by atoms with E-state index in [0.29, 0.717) is 35.7 Å². The first kappa shape index (κ1) is 25.7. The lowest BCUT2D eigenvalue weighted by molar-refractivity contribution is -0.142. The van der Waals surface area contributed by atoms with Gasteiger partial charge >= 0.3 is 12.1 Å². The molecule has 36 heavy (non-hydrogen) atoms. The van der Waals surface area contributed by atoms with Gasteiger partial charge < -0.3 is 19.1 Å². The molecule has 1 amide bonds. The first-order chi connectivity index (χ1) is 17.2. The monoisotopic (exact) mass is 504 g/mol. The van der Waals surface area contributed by atoms with Crippen molar-refractivity contribution < 1.29 is 37.0 Å². The van der Waals surface area contributed by atoms with Crippen LogP contribution in [0.4, 0.5) is 13.2 Å². The third-order valence-corrected chi connectivity index (χ3v) is 6.48. The van der Waals surface area contributed by atoms with E-state index in [1.54, 1.807) is 31.2 Å². The number of aromatic nitrogens is 1. The number of esters is 1. The molecule has 2 atom stereocenters. The molecule has 0 radical (unpaired) electrons. The molecule has 1 aromatic carbocycles. The number of allylic oxidation sites excluding steroid dienone is 1. The maximum absolute atomic E-state index is 13.4. The normalized spacial score (nSPS) is 20.6. The van der Waals surface area contributed by atoms with Gasteiger partial charge in [-0.15, -0.1) is 0 Å². The van der Waals surface area contributed by atoms with Crippen LogP contribution in [0.25, 0.3) is 0 Å². The molecule has 3 heterocycles. The molecule has 0 N–H and O–H groups in total. The number of rotatable bonds is 7. The molecule has 0 aliphatic carbocycles. The molecule has 1 fully saturated rings. The van der Waals surface area contributed by atoms with Gasteiger partial charge in [0.15, 0.2) is 0 Å². The minimum absolute atomic E-state index is 0.0721. The molecular weight excluding hydrogens is 477 g/mol. The van der Waals surface area contributed by atoms with Crippen LogP contribution >= 0.6 is 0 Å². The van der Waals surface area contributed by atoms with Crippen LogP contribution in [0.1, 0.15) is 48.9 Å². The van der Waals surface area contributed by atoms with Crippen LogP contribution < -0.4 is 4.74 Å². The molecule has 2 aliphatic rings. The van der Waals surface area contributed by atoms with Crippen LogP contribution in [0.2, 0.25) is 0 Å². The Morgan fingerprint density at radius 1 is 1.22 bits per heavy atom. The van der Waals surface area contributed by atoms with Crippen molar-refractivity contribution in [2.45, 2.75) is 51.0 Å². The number of methoxy groups -OCH3 is 1. The molecule has 7 nitrogen and oxygen atoms in total. The van der Waals surface area contributed by atoms with E-state index in [2.05, 4.69) is 4.98 Å². The number of hydrogen-bond donors (Lipinski definition) is 0. The molecule has 4 rings (SSSR count). The molecule has 0 spiro atoms. The second-order valence-corrected chi connectivity index (χ2v) is 8.76. The summed E-state index contributed by atoms with van der Waals surface area (Å²) in [5, 5.41) is 0. The molecule has 10 heteroatoms. The number of ether oxygens (including phenoxy) is 3. The van der Waals surface area contributed by atoms with Gasteiger partial charge in [0.1, 0.15) is 18.1 Å². The summed E-state index contributed by atoms with van der Waals surface area (Å²) in [6, 6.07) is 9.19. The van der Waals surface area contributed by atoms with E-state index in [4.69, 9.17) is 14.2 Å². The third-order valence-electron chi connectivity index (χ3n) is 6.48. The molecule has 0 saturated carbocycles. The van der Waals surface area contributed by atoms with Gasteiger partial charge in [-0.25, -0.2) is 4.79 Å². The lowest BCUT2D eigenvalue weighted by Crippen LogP contribution is -2.42. The number of hydrogen-bond acceptors (Lipinski definition) is 6. The molecule has 2 aromatic rings. The molecule has 1 saturated heterocycles. The van der Waals surface area contributed by atoms with E-state index in [0.717, 1.165) is 25.1 Å². The smallest absolute Gasteiger partial charge is 0.433 e. The summed E-state index contributed by atoms with van der Waals surface area (Å²) < 4.78 is 55.7. The first-order valence-corrected chi connectivity index (χ1v) is 11.6. The van der Waals surface area contributed by atoms with Gasteiger partial charge in [-0.3, -0.25) is 9.78 Å². The zero-order chi connectivity index (χ0) is 25.9. The standard InChI is InChI=1S/C26H27F3N2O5/c1-16-24(25(33)36-15-18-6-3-4-8-21(18)34-2)20(17-9-10-22(30-13-17)26(27,28)29)12-23(32)31(16)14-19-7-5-11-35-19/h3-4,6,8-10,13,19-20H,5,7,11-12,14-15H2,1-2H3/t19-,20+/m1/s1. The average Bonchev–Trinajstić information content (AvgIpc) is 3.38. The second kappa shape index (κ2) is 10.7. The highest BCUT2D eigenvalue weighted by Crippen LogP contribution is 2.38. The Kier molecular flexibility index (Phi) is 7.63. The highest BCUT2D eigenvalue weighted by molar-refractivity contribution is 5.95. The summed E-state index contributed by atoms with van der Waals surface area (Å²) in [4.78, 5) is 31.5. The quantitative estimate of drug-likeness (QED) is 0.512. The van der Waals surface area contributed by atoms with Crippen molar-refractivity contribution in [2.24, 2.45) is 0 Å². The number of nitrogens with zero attached hydrogens (tertiary/aromatic N) is 2. The second-order valence-electron chi connectivity index (χ2n) is 8.76. The van der Waals surface area contributed by atoms with Crippen LogP contribution in [0.3, 0.4) is 0 Å². The lowest BCUT2D eigenvalue weighted by Gasteiger charge is -2.35. The predicted octanol–water partition coefficient (Wildman–Crippen LogP) is 4.62. The van der Waals surface area contributed by atoms with E-state index in [1.807, 2.05) is 0 Å². The maximum atomic E-state index is 13.4. The van der Waals surface area contributed by atoms with Gasteiger partial charge in [-0.1, -0.05) is 24.3 Å². The largest absolute Gasteiger partial charge is 0.496 e. The van der Waals surface area contributed by atoms with E-state index in [9.17, 15) is 22.8 Å². The van der Waals surface area contributed by atoms with E-state index >= 15 is 0 Å². The maximum Gasteiger partial charge on any atom is 0.433 e. The molecule has 2 aliphatic heterocycles. The van der Waals surface area contributed by atoms with Crippen molar-refractivity contribution in [1.29, 1.82) is 0 Å². The summed E-state index contributed by atoms with van der Waals surface area (Å²) in [6.07, 6.45) is -2.08. The van der Waals surface area contributed by atoms with Crippen molar-refractivity contribution in [1.82, 2.24) is 9.88 Å². The van der Waals surface area contributed by atoms with Gasteiger partial charge in [0.05, 0.1) is 25.3 Å². The fourth-order valence-corrected chi connectivity index (χ4v) is 4.60. The van der Waals surface area contributed by atoms with Crippen molar-refractivity contribution in [2.75, 3.05) is 20.3 Å². The number of amides is 1. The summed E-state index contributed by atoms with van der Waals surface area (Å²) in [7, 11) is 1.51. The summed E-state index contributed by atoms with van der Waals surface area (Å²) in [6.45, 7) is 2.49. The number of carbonyl (C=O) groups excluding carboxylic acids is 2. The average molecular weight is 505 g/mol. The third kappa shape index (κ3) is 5.53. The highest BCUT2D eigenvalue weighted by Gasteiger charge is 2.39. The van der Waals surface area contributed by atoms with E-state index < -0.39 is 23.8 Å². The van der Waals surface area contributed by atoms with Crippen LogP contribution in [0.15, 0.2) is 53.9 Å². The van der Waals surface area contributed by atoms with Crippen LogP contribution in [0, 0.1) is 0 Å². The Balaban J connectivity index is 1.65. The fraction of sp³-hybridized carbons (Fsp3) is 0.423. The molecule has 192 valence electrons. The van der Waals surface area contributed by atoms with Crippen LogP contribution in [-0.4, -0.2) is 48.1 Å². The SMILES string of the molecule is COc1ccccc1COC(=O)C1=C(C)N(C[C@H]2CCCO2)C(=O)C[C@H]1c1ccc(C(F)(F)F)nc1. The molecule has 0 unspecified atom stereocenters. The van der Waals surface area contributed by atoms with Crippen LogP contribution in [0.5, 0.6) is 5.75 Å². The number of pyridine rings is 1. The first-order valence-electron chi connectivity index (χ1n) is 11.6. The molecule has 0 bridgehead atoms. The van der Waals surface area contributed by atoms with Gasteiger partial charge in [0.2, 0.25) is 5.91 Å². The molecular formula is C26H27F3N2O5. The van der Waals surface area contributed by atoms with Crippen molar-refractivity contribution >= 4 is 11.9 Å². The molecule has 1 aromatic heterocycles. The Morgan fingerprint density at radius 3 is 2.64 bits per heavy atom. The van der Waals surface area contributed by atoms with Gasteiger partial charge in [-0.05, 0) is 37.5 Å². The van der Waals surface area contributed by atoms with E-state index in [-0.39, 0.29) is 30.6 Å². The van der Waals surface area contributed by atoms with Gasteiger partial charge in [-0.2, -0.15) is 13.2 Å². The van der Waals surface area contributed by atoms with Crippen LogP contribution in [-0.2, 0) is 31.8 Å². The Morgan fingerprint density at radius 2 is 2.00 bits per heavy atom. The predicted molar refractivity (Wildman–Crippen MR) is 123 cm³/mol. The zero-order valence-corrected chi connectivity index (χ0v) is 20.0. The van der Waals surface area contributed by atoms with E-state index in [1.165, 1.54) is 18.1 Å². The van der Waals surface area contributed by atoms with Crippen molar-refractivity contribution in [3.05, 3.63) is 70.7 Å². The number of alkyl halides is 3. The highest BCUT2D eigenvalue weighted by atomic mass is 19.4. The summed E-state index contributed by atoms with van der Waals surface area (Å²) in [5.74, 6) is -1.14. The minimum atomic E-state index is -4.60. The Bertz CT molecular complexity index is 1140. The number of carbonyl (C=O) groups is 2. The lowest BCUT2D eigenvalue weighted by atomic mass is 9.84. The Hall–Kier alpha value is -3.40. The summed E-state index contributed by atoms with van der Waals surface area (Å²) in [5.41, 5.74) is 0.550. The minimum Gasteiger partial charge on any atom is -0.496 e. The number of para-hydroxylation sites is 1. The van der Waals surface area contributed by atoms with Crippen molar-refractivity contribution in [3.63, 3.8) is 0 Å². The zero-order valence-electron chi connectivity index (χ0n) is 20.0.